The van der Waals surface area contributed by atoms with Gasteiger partial charge in [0, 0.05) is 50.0 Å². The minimum absolute atomic E-state index is 0.0347. The van der Waals surface area contributed by atoms with Gasteiger partial charge in [0.2, 0.25) is 0 Å². The SMILES string of the molecule is O=C(c1ccn(COc2ccccc2[N+](=O)[O-])n1)N1CCN(Cc2ccc(Cl)cc2)CC1. The van der Waals surface area contributed by atoms with Crippen LogP contribution in [0.5, 0.6) is 5.75 Å². The van der Waals surface area contributed by atoms with Gasteiger partial charge in [-0.15, -0.1) is 0 Å². The molecular weight excluding hydrogens is 434 g/mol. The highest BCUT2D eigenvalue weighted by atomic mass is 35.5. The Morgan fingerprint density at radius 2 is 1.78 bits per heavy atom. The first-order valence-electron chi connectivity index (χ1n) is 10.2. The molecule has 1 fully saturated rings. The van der Waals surface area contributed by atoms with Gasteiger partial charge in [0.15, 0.2) is 18.2 Å². The number of carbonyl (C=O) groups is 1. The van der Waals surface area contributed by atoms with Crippen molar-refractivity contribution in [3.05, 3.63) is 87.2 Å². The Morgan fingerprint density at radius 1 is 1.06 bits per heavy atom. The van der Waals surface area contributed by atoms with Crippen molar-refractivity contribution in [1.29, 1.82) is 0 Å². The van der Waals surface area contributed by atoms with Gasteiger partial charge in [-0.2, -0.15) is 5.10 Å². The van der Waals surface area contributed by atoms with Gasteiger partial charge in [-0.3, -0.25) is 19.8 Å². The van der Waals surface area contributed by atoms with E-state index in [0.717, 1.165) is 24.7 Å². The molecule has 32 heavy (non-hydrogen) atoms. The first-order chi connectivity index (χ1) is 15.5. The van der Waals surface area contributed by atoms with E-state index >= 15 is 0 Å². The number of hydrogen-bond acceptors (Lipinski definition) is 6. The Morgan fingerprint density at radius 3 is 2.50 bits per heavy atom. The molecule has 0 bridgehead atoms. The average molecular weight is 456 g/mol. The quantitative estimate of drug-likeness (QED) is 0.400. The van der Waals surface area contributed by atoms with Crippen LogP contribution in [0.1, 0.15) is 16.1 Å². The van der Waals surface area contributed by atoms with Crippen LogP contribution in [0.4, 0.5) is 5.69 Å². The zero-order valence-corrected chi connectivity index (χ0v) is 18.0. The van der Waals surface area contributed by atoms with Crippen molar-refractivity contribution in [1.82, 2.24) is 19.6 Å². The largest absolute Gasteiger partial charge is 0.464 e. The van der Waals surface area contributed by atoms with Crippen LogP contribution in [0.15, 0.2) is 60.8 Å². The number of carbonyl (C=O) groups excluding carboxylic acids is 1. The molecule has 1 aromatic heterocycles. The van der Waals surface area contributed by atoms with E-state index in [1.807, 2.05) is 24.3 Å². The molecule has 2 heterocycles. The van der Waals surface area contributed by atoms with Gasteiger partial charge in [-0.05, 0) is 29.8 Å². The highest BCUT2D eigenvalue weighted by Gasteiger charge is 2.24. The maximum absolute atomic E-state index is 12.8. The second kappa shape index (κ2) is 9.80. The highest BCUT2D eigenvalue weighted by Crippen LogP contribution is 2.26. The number of halogens is 1. The molecule has 4 rings (SSSR count). The zero-order valence-electron chi connectivity index (χ0n) is 17.3. The number of nitro benzene ring substituents is 1. The molecule has 0 aliphatic carbocycles. The predicted octanol–water partition coefficient (Wildman–Crippen LogP) is 3.44. The summed E-state index contributed by atoms with van der Waals surface area (Å²) in [5.74, 6) is 0.0123. The maximum atomic E-state index is 12.8. The summed E-state index contributed by atoms with van der Waals surface area (Å²) in [5, 5.41) is 16.1. The van der Waals surface area contributed by atoms with E-state index in [-0.39, 0.29) is 24.1 Å². The number of nitrogens with zero attached hydrogens (tertiary/aromatic N) is 5. The number of hydrogen-bond donors (Lipinski definition) is 0. The van der Waals surface area contributed by atoms with Gasteiger partial charge in [0.25, 0.3) is 5.91 Å². The third-order valence-electron chi connectivity index (χ3n) is 5.25. The fourth-order valence-electron chi connectivity index (χ4n) is 3.53. The lowest BCUT2D eigenvalue weighted by Gasteiger charge is -2.34. The van der Waals surface area contributed by atoms with Crippen LogP contribution in [-0.2, 0) is 13.3 Å². The lowest BCUT2D eigenvalue weighted by atomic mass is 10.2. The highest BCUT2D eigenvalue weighted by molar-refractivity contribution is 6.30. The number of benzene rings is 2. The molecule has 3 aromatic rings. The van der Waals surface area contributed by atoms with E-state index in [9.17, 15) is 14.9 Å². The van der Waals surface area contributed by atoms with Gasteiger partial charge in [-0.1, -0.05) is 35.9 Å². The minimum Gasteiger partial charge on any atom is -0.464 e. The Kier molecular flexibility index (Phi) is 6.67. The Balaban J connectivity index is 1.29. The second-order valence-electron chi connectivity index (χ2n) is 7.43. The molecule has 10 heteroatoms. The van der Waals surface area contributed by atoms with E-state index in [0.29, 0.717) is 18.8 Å². The number of piperazine rings is 1. The van der Waals surface area contributed by atoms with Crippen LogP contribution < -0.4 is 4.74 Å². The van der Waals surface area contributed by atoms with Crippen molar-refractivity contribution in [2.45, 2.75) is 13.3 Å². The van der Waals surface area contributed by atoms with Gasteiger partial charge in [-0.25, -0.2) is 4.68 Å². The van der Waals surface area contributed by atoms with E-state index in [2.05, 4.69) is 10.00 Å². The third-order valence-corrected chi connectivity index (χ3v) is 5.50. The second-order valence-corrected chi connectivity index (χ2v) is 7.87. The van der Waals surface area contributed by atoms with Crippen molar-refractivity contribution in [3.8, 4) is 5.75 Å². The summed E-state index contributed by atoms with van der Waals surface area (Å²) in [6, 6.07) is 15.6. The van der Waals surface area contributed by atoms with Crippen LogP contribution in [0.2, 0.25) is 5.02 Å². The Bertz CT molecular complexity index is 1090. The molecule has 1 aliphatic rings. The van der Waals surface area contributed by atoms with E-state index in [1.54, 1.807) is 29.3 Å². The van der Waals surface area contributed by atoms with E-state index < -0.39 is 4.92 Å². The van der Waals surface area contributed by atoms with Crippen LogP contribution in [0, 0.1) is 10.1 Å². The van der Waals surface area contributed by atoms with Gasteiger partial charge < -0.3 is 9.64 Å². The van der Waals surface area contributed by atoms with E-state index in [4.69, 9.17) is 16.3 Å². The third kappa shape index (κ3) is 5.24. The summed E-state index contributed by atoms with van der Waals surface area (Å²) in [4.78, 5) is 27.5. The fourth-order valence-corrected chi connectivity index (χ4v) is 3.66. The van der Waals surface area contributed by atoms with Crippen molar-refractivity contribution in [2.75, 3.05) is 26.2 Å². The summed E-state index contributed by atoms with van der Waals surface area (Å²) in [6.07, 6.45) is 1.62. The van der Waals surface area contributed by atoms with Crippen LogP contribution >= 0.6 is 11.6 Å². The summed E-state index contributed by atoms with van der Waals surface area (Å²) in [6.45, 7) is 3.56. The van der Waals surface area contributed by atoms with Crippen molar-refractivity contribution < 1.29 is 14.5 Å². The number of para-hydroxylation sites is 2. The van der Waals surface area contributed by atoms with Crippen molar-refractivity contribution >= 4 is 23.2 Å². The van der Waals surface area contributed by atoms with Gasteiger partial charge in [0.05, 0.1) is 4.92 Å². The monoisotopic (exact) mass is 455 g/mol. The Hall–Kier alpha value is -3.43. The van der Waals surface area contributed by atoms with Crippen LogP contribution in [-0.4, -0.2) is 56.6 Å². The summed E-state index contributed by atoms with van der Waals surface area (Å²) in [7, 11) is 0. The zero-order chi connectivity index (χ0) is 22.5. The molecule has 0 atom stereocenters. The molecule has 0 saturated carbocycles. The average Bonchev–Trinajstić information content (AvgIpc) is 3.28. The standard InChI is InChI=1S/C22H22ClN5O4/c23-18-7-5-17(6-8-18)15-25-11-13-26(14-12-25)22(29)19-9-10-27(24-19)16-32-21-4-2-1-3-20(21)28(30)31/h1-10H,11-16H2. The number of aromatic nitrogens is 2. The number of ether oxygens (including phenoxy) is 1. The fraction of sp³-hybridized carbons (Fsp3) is 0.273. The van der Waals surface area contributed by atoms with Crippen LogP contribution in [0.25, 0.3) is 0 Å². The predicted molar refractivity (Wildman–Crippen MR) is 119 cm³/mol. The maximum Gasteiger partial charge on any atom is 0.311 e. The molecule has 0 spiro atoms. The van der Waals surface area contributed by atoms with Crippen molar-refractivity contribution in [2.24, 2.45) is 0 Å². The first kappa shape index (κ1) is 21.8. The Labute approximate surface area is 189 Å². The number of rotatable bonds is 7. The molecular formula is C22H22ClN5O4. The normalized spacial score (nSPS) is 14.3. The molecule has 9 nitrogen and oxygen atoms in total. The van der Waals surface area contributed by atoms with Gasteiger partial charge >= 0.3 is 5.69 Å². The summed E-state index contributed by atoms with van der Waals surface area (Å²) < 4.78 is 6.97. The molecule has 1 amide bonds. The number of amides is 1. The minimum atomic E-state index is -0.500. The molecule has 1 aliphatic heterocycles. The molecule has 1 saturated heterocycles. The molecule has 0 radical (unpaired) electrons. The van der Waals surface area contributed by atoms with Crippen LogP contribution in [0.3, 0.4) is 0 Å². The molecule has 2 aromatic carbocycles. The molecule has 166 valence electrons. The summed E-state index contributed by atoms with van der Waals surface area (Å²) >= 11 is 5.94. The lowest BCUT2D eigenvalue weighted by Crippen LogP contribution is -2.48. The molecule has 0 N–H and O–H groups in total. The number of nitro groups is 1. The first-order valence-corrected chi connectivity index (χ1v) is 10.5. The van der Waals surface area contributed by atoms with Gasteiger partial charge in [0.1, 0.15) is 0 Å². The topological polar surface area (TPSA) is 93.7 Å². The smallest absolute Gasteiger partial charge is 0.311 e. The summed E-state index contributed by atoms with van der Waals surface area (Å²) in [5.41, 5.74) is 1.39. The lowest BCUT2D eigenvalue weighted by molar-refractivity contribution is -0.386. The molecule has 0 unspecified atom stereocenters. The van der Waals surface area contributed by atoms with Crippen molar-refractivity contribution in [3.63, 3.8) is 0 Å². The van der Waals surface area contributed by atoms with E-state index in [1.165, 1.54) is 22.4 Å².